The van der Waals surface area contributed by atoms with Crippen LogP contribution < -0.4 is 0 Å². The second kappa shape index (κ2) is 9.03. The van der Waals surface area contributed by atoms with Crippen LogP contribution in [-0.2, 0) is 0 Å². The maximum absolute atomic E-state index is 9.23. The number of rotatable bonds is 3. The summed E-state index contributed by atoms with van der Waals surface area (Å²) in [6.45, 7) is 0. The summed E-state index contributed by atoms with van der Waals surface area (Å²) in [7, 11) is 0. The molecule has 3 nitrogen and oxygen atoms in total. The van der Waals surface area contributed by atoms with E-state index >= 15 is 0 Å². The van der Waals surface area contributed by atoms with Crippen molar-refractivity contribution in [1.82, 2.24) is 4.57 Å². The van der Waals surface area contributed by atoms with E-state index in [1.54, 1.807) is 0 Å². The summed E-state index contributed by atoms with van der Waals surface area (Å²) >= 11 is 0. The van der Waals surface area contributed by atoms with E-state index in [-0.39, 0.29) is 0 Å². The van der Waals surface area contributed by atoms with E-state index < -0.39 is 0 Å². The first-order chi connectivity index (χ1) is 19.2. The first kappa shape index (κ1) is 22.5. The lowest BCUT2D eigenvalue weighted by Crippen LogP contribution is -1.95. The lowest BCUT2D eigenvalue weighted by Gasteiger charge is -2.13. The molecular weight excluding hydrogens is 474 g/mol. The Morgan fingerprint density at radius 1 is 0.436 bits per heavy atom. The standard InChI is InChI=1S/C36H21N3/c37-22-24-8-12-26(13-9-24)29-16-18-32-33-19-17-30(27-14-10-25(23-38)11-15-27)21-36(33)39(35(32)20-29)34-7-3-5-28-4-1-2-6-31(28)34/h1-21H. The van der Waals surface area contributed by atoms with Crippen molar-refractivity contribution < 1.29 is 0 Å². The highest BCUT2D eigenvalue weighted by Crippen LogP contribution is 2.38. The Hall–Kier alpha value is -5.64. The molecule has 0 saturated carbocycles. The smallest absolute Gasteiger partial charge is 0.0991 e. The minimum Gasteiger partial charge on any atom is -0.309 e. The Bertz CT molecular complexity index is 2000. The van der Waals surface area contributed by atoms with Crippen LogP contribution in [0.4, 0.5) is 0 Å². The average Bonchev–Trinajstić information content (AvgIpc) is 3.33. The normalized spacial score (nSPS) is 11.0. The second-order valence-electron chi connectivity index (χ2n) is 9.68. The van der Waals surface area contributed by atoms with Crippen molar-refractivity contribution in [3.8, 4) is 40.1 Å². The Kier molecular flexibility index (Phi) is 5.22. The van der Waals surface area contributed by atoms with E-state index in [1.807, 2.05) is 48.5 Å². The fourth-order valence-electron chi connectivity index (χ4n) is 5.51. The zero-order valence-electron chi connectivity index (χ0n) is 21.0. The molecule has 0 saturated heterocycles. The fourth-order valence-corrected chi connectivity index (χ4v) is 5.51. The molecule has 0 bridgehead atoms. The Morgan fingerprint density at radius 2 is 0.923 bits per heavy atom. The Balaban J connectivity index is 1.54. The van der Waals surface area contributed by atoms with Crippen LogP contribution >= 0.6 is 0 Å². The van der Waals surface area contributed by atoms with Crippen LogP contribution in [-0.4, -0.2) is 4.57 Å². The molecule has 7 rings (SSSR count). The molecule has 0 aliphatic heterocycles. The van der Waals surface area contributed by atoms with E-state index in [4.69, 9.17) is 0 Å². The third-order valence-corrected chi connectivity index (χ3v) is 7.47. The first-order valence-electron chi connectivity index (χ1n) is 12.8. The zero-order chi connectivity index (χ0) is 26.3. The maximum Gasteiger partial charge on any atom is 0.0991 e. The summed E-state index contributed by atoms with van der Waals surface area (Å²) in [5.74, 6) is 0. The van der Waals surface area contributed by atoms with Crippen molar-refractivity contribution >= 4 is 32.6 Å². The van der Waals surface area contributed by atoms with Gasteiger partial charge in [0.05, 0.1) is 40.0 Å². The second-order valence-corrected chi connectivity index (χ2v) is 9.68. The van der Waals surface area contributed by atoms with Crippen molar-refractivity contribution in [3.63, 3.8) is 0 Å². The van der Waals surface area contributed by atoms with Crippen LogP contribution in [0.25, 0.3) is 60.5 Å². The third kappa shape index (κ3) is 3.74. The van der Waals surface area contributed by atoms with Gasteiger partial charge in [0.1, 0.15) is 0 Å². The number of hydrogen-bond acceptors (Lipinski definition) is 2. The molecule has 0 aliphatic rings. The summed E-state index contributed by atoms with van der Waals surface area (Å²) < 4.78 is 2.37. The van der Waals surface area contributed by atoms with Crippen molar-refractivity contribution in [1.29, 1.82) is 10.5 Å². The molecule has 0 aliphatic carbocycles. The first-order valence-corrected chi connectivity index (χ1v) is 12.8. The number of aromatic nitrogens is 1. The SMILES string of the molecule is N#Cc1ccc(-c2ccc3c4ccc(-c5ccc(C#N)cc5)cc4n(-c4cccc5ccccc45)c3c2)cc1. The van der Waals surface area contributed by atoms with Crippen LogP contribution in [0.15, 0.2) is 127 Å². The largest absolute Gasteiger partial charge is 0.309 e. The van der Waals surface area contributed by atoms with E-state index in [0.29, 0.717) is 11.1 Å². The van der Waals surface area contributed by atoms with Crippen molar-refractivity contribution in [2.45, 2.75) is 0 Å². The van der Waals surface area contributed by atoms with Crippen LogP contribution in [0.5, 0.6) is 0 Å². The molecule has 180 valence electrons. The van der Waals surface area contributed by atoms with Crippen molar-refractivity contribution in [2.75, 3.05) is 0 Å². The van der Waals surface area contributed by atoms with Crippen molar-refractivity contribution in [2.24, 2.45) is 0 Å². The maximum atomic E-state index is 9.23. The van der Waals surface area contributed by atoms with Gasteiger partial charge in [0, 0.05) is 16.2 Å². The number of hydrogen-bond donors (Lipinski definition) is 0. The topological polar surface area (TPSA) is 52.5 Å². The Morgan fingerprint density at radius 3 is 1.46 bits per heavy atom. The molecule has 1 heterocycles. The van der Waals surface area contributed by atoms with Gasteiger partial charge in [-0.25, -0.2) is 0 Å². The molecule has 0 fully saturated rings. The lowest BCUT2D eigenvalue weighted by atomic mass is 10.0. The minimum atomic E-state index is 0.653. The molecule has 0 spiro atoms. The molecule has 1 aromatic heterocycles. The number of benzene rings is 6. The van der Waals surface area contributed by atoms with Crippen LogP contribution in [0, 0.1) is 22.7 Å². The van der Waals surface area contributed by atoms with Gasteiger partial charge in [-0.1, -0.05) is 84.9 Å². The van der Waals surface area contributed by atoms with Gasteiger partial charge in [-0.3, -0.25) is 0 Å². The van der Waals surface area contributed by atoms with E-state index in [1.165, 1.54) is 21.5 Å². The fraction of sp³-hybridized carbons (Fsp3) is 0. The monoisotopic (exact) mass is 495 g/mol. The average molecular weight is 496 g/mol. The molecule has 39 heavy (non-hydrogen) atoms. The van der Waals surface area contributed by atoms with E-state index in [9.17, 15) is 10.5 Å². The summed E-state index contributed by atoms with van der Waals surface area (Å²) in [6.07, 6.45) is 0. The predicted molar refractivity (Wildman–Crippen MR) is 159 cm³/mol. The molecule has 6 aromatic carbocycles. The highest BCUT2D eigenvalue weighted by molar-refractivity contribution is 6.12. The number of fused-ring (bicyclic) bond motifs is 4. The molecule has 0 radical (unpaired) electrons. The van der Waals surface area contributed by atoms with Gasteiger partial charge in [-0.2, -0.15) is 10.5 Å². The summed E-state index contributed by atoms with van der Waals surface area (Å²) in [4.78, 5) is 0. The zero-order valence-corrected chi connectivity index (χ0v) is 21.0. The molecule has 7 aromatic rings. The third-order valence-electron chi connectivity index (χ3n) is 7.47. The predicted octanol–water partition coefficient (Wildman–Crippen LogP) is 9.01. The van der Waals surface area contributed by atoms with Gasteiger partial charge in [-0.05, 0) is 70.1 Å². The van der Waals surface area contributed by atoms with Crippen LogP contribution in [0.3, 0.4) is 0 Å². The van der Waals surface area contributed by atoms with Gasteiger partial charge in [0.15, 0.2) is 0 Å². The quantitative estimate of drug-likeness (QED) is 0.246. The van der Waals surface area contributed by atoms with Gasteiger partial charge >= 0.3 is 0 Å². The summed E-state index contributed by atoms with van der Waals surface area (Å²) in [5.41, 5.74) is 9.03. The molecule has 0 N–H and O–H groups in total. The van der Waals surface area contributed by atoms with Gasteiger partial charge in [0.2, 0.25) is 0 Å². The molecular formula is C36H21N3. The minimum absolute atomic E-state index is 0.653. The van der Waals surface area contributed by atoms with Crippen LogP contribution in [0.2, 0.25) is 0 Å². The highest BCUT2D eigenvalue weighted by atomic mass is 15.0. The Labute approximate surface area is 226 Å². The molecule has 0 atom stereocenters. The summed E-state index contributed by atoms with van der Waals surface area (Å²) in [6, 6.07) is 48.1. The van der Waals surface area contributed by atoms with Gasteiger partial charge < -0.3 is 4.57 Å². The highest BCUT2D eigenvalue weighted by Gasteiger charge is 2.16. The van der Waals surface area contributed by atoms with Gasteiger partial charge in [0.25, 0.3) is 0 Å². The molecule has 0 unspecified atom stereocenters. The van der Waals surface area contributed by atoms with Crippen molar-refractivity contribution in [3.05, 3.63) is 139 Å². The molecule has 0 amide bonds. The lowest BCUT2D eigenvalue weighted by molar-refractivity contribution is 1.20. The summed E-state index contributed by atoms with van der Waals surface area (Å²) in [5, 5.41) is 23.2. The van der Waals surface area contributed by atoms with E-state index in [0.717, 1.165) is 39.0 Å². The molecule has 3 heteroatoms. The number of nitrogens with zero attached hydrogens (tertiary/aromatic N) is 3. The van der Waals surface area contributed by atoms with Gasteiger partial charge in [-0.15, -0.1) is 0 Å². The number of nitriles is 2. The van der Waals surface area contributed by atoms with E-state index in [2.05, 4.69) is 95.6 Å². The van der Waals surface area contributed by atoms with Crippen LogP contribution in [0.1, 0.15) is 11.1 Å².